The average Bonchev–Trinajstić information content (AvgIpc) is 3.15. The number of anilines is 1. The predicted molar refractivity (Wildman–Crippen MR) is 77.4 cm³/mol. The molecule has 104 valence electrons. The first-order valence-corrected chi connectivity index (χ1v) is 6.88. The molecule has 3 nitrogen and oxygen atoms in total. The molecule has 1 heterocycles. The molecule has 20 heavy (non-hydrogen) atoms. The summed E-state index contributed by atoms with van der Waals surface area (Å²) in [6.07, 6.45) is 1.06. The number of nitrogens with zero attached hydrogens (tertiary/aromatic N) is 2. The lowest BCUT2D eigenvalue weighted by molar-refractivity contribution is 0.627. The molecule has 2 atom stereocenters. The van der Waals surface area contributed by atoms with Gasteiger partial charge in [-0.15, -0.1) is 0 Å². The number of aryl methyl sites for hydroxylation is 2. The van der Waals surface area contributed by atoms with Crippen LogP contribution in [0.25, 0.3) is 0 Å². The van der Waals surface area contributed by atoms with Crippen molar-refractivity contribution in [2.75, 3.05) is 5.32 Å². The fourth-order valence-corrected chi connectivity index (χ4v) is 2.52. The Morgan fingerprint density at radius 3 is 2.50 bits per heavy atom. The van der Waals surface area contributed by atoms with Gasteiger partial charge in [-0.25, -0.2) is 14.4 Å². The van der Waals surface area contributed by atoms with Crippen LogP contribution in [0, 0.1) is 26.6 Å². The highest BCUT2D eigenvalue weighted by molar-refractivity contribution is 5.49. The highest BCUT2D eigenvalue weighted by atomic mass is 19.1. The molecule has 1 fully saturated rings. The Balaban J connectivity index is 1.73. The minimum Gasteiger partial charge on any atom is -0.366 e. The largest absolute Gasteiger partial charge is 0.366 e. The molecule has 2 aromatic rings. The van der Waals surface area contributed by atoms with Gasteiger partial charge in [-0.1, -0.05) is 12.1 Å². The van der Waals surface area contributed by atoms with Gasteiger partial charge in [-0.3, -0.25) is 0 Å². The number of aromatic nitrogens is 2. The zero-order chi connectivity index (χ0) is 14.3. The third kappa shape index (κ3) is 2.50. The molecular formula is C16H18FN3. The SMILES string of the molecule is Cc1nc(C)c(C)c(N[C@@H]2C[C@H]2c2ccc(F)cc2)n1. The van der Waals surface area contributed by atoms with Crippen LogP contribution in [0.15, 0.2) is 24.3 Å². The van der Waals surface area contributed by atoms with Crippen LogP contribution in [0.3, 0.4) is 0 Å². The van der Waals surface area contributed by atoms with Crippen molar-refractivity contribution in [2.45, 2.75) is 39.2 Å². The fraction of sp³-hybridized carbons (Fsp3) is 0.375. The highest BCUT2D eigenvalue weighted by Gasteiger charge is 2.38. The minimum atomic E-state index is -0.184. The molecule has 1 saturated carbocycles. The number of halogens is 1. The third-order valence-corrected chi connectivity index (χ3v) is 3.91. The maximum atomic E-state index is 12.9. The topological polar surface area (TPSA) is 37.8 Å². The van der Waals surface area contributed by atoms with Crippen LogP contribution in [0.5, 0.6) is 0 Å². The summed E-state index contributed by atoms with van der Waals surface area (Å²) in [5, 5.41) is 3.48. The summed E-state index contributed by atoms with van der Waals surface area (Å²) in [6.45, 7) is 5.94. The number of hydrogen-bond donors (Lipinski definition) is 1. The van der Waals surface area contributed by atoms with Gasteiger partial charge in [0.1, 0.15) is 17.5 Å². The Hall–Kier alpha value is -1.97. The molecule has 1 aliphatic carbocycles. The van der Waals surface area contributed by atoms with E-state index < -0.39 is 0 Å². The van der Waals surface area contributed by atoms with Crippen molar-refractivity contribution >= 4 is 5.82 Å². The van der Waals surface area contributed by atoms with Crippen molar-refractivity contribution in [3.63, 3.8) is 0 Å². The Labute approximate surface area is 118 Å². The van der Waals surface area contributed by atoms with E-state index in [0.29, 0.717) is 12.0 Å². The zero-order valence-electron chi connectivity index (χ0n) is 11.9. The quantitative estimate of drug-likeness (QED) is 0.928. The van der Waals surface area contributed by atoms with Crippen LogP contribution in [0.2, 0.25) is 0 Å². The first-order valence-electron chi connectivity index (χ1n) is 6.88. The fourth-order valence-electron chi connectivity index (χ4n) is 2.52. The van der Waals surface area contributed by atoms with Gasteiger partial charge in [0.2, 0.25) is 0 Å². The van der Waals surface area contributed by atoms with Crippen molar-refractivity contribution < 1.29 is 4.39 Å². The molecule has 0 spiro atoms. The number of rotatable bonds is 3. The van der Waals surface area contributed by atoms with Crippen LogP contribution in [-0.4, -0.2) is 16.0 Å². The molecule has 0 aliphatic heterocycles. The van der Waals surface area contributed by atoms with Crippen LogP contribution < -0.4 is 5.32 Å². The van der Waals surface area contributed by atoms with Crippen molar-refractivity contribution in [1.29, 1.82) is 0 Å². The Morgan fingerprint density at radius 2 is 1.80 bits per heavy atom. The van der Waals surface area contributed by atoms with E-state index in [2.05, 4.69) is 15.3 Å². The lowest BCUT2D eigenvalue weighted by Gasteiger charge is -2.11. The van der Waals surface area contributed by atoms with E-state index in [1.165, 1.54) is 17.7 Å². The van der Waals surface area contributed by atoms with E-state index in [1.54, 1.807) is 0 Å². The first-order chi connectivity index (χ1) is 9.54. The third-order valence-electron chi connectivity index (χ3n) is 3.91. The molecule has 0 unspecified atom stereocenters. The van der Waals surface area contributed by atoms with Crippen LogP contribution in [0.1, 0.15) is 35.0 Å². The van der Waals surface area contributed by atoms with Crippen molar-refractivity contribution in [2.24, 2.45) is 0 Å². The molecule has 1 aliphatic rings. The van der Waals surface area contributed by atoms with Gasteiger partial charge in [0, 0.05) is 23.2 Å². The van der Waals surface area contributed by atoms with Crippen LogP contribution in [0.4, 0.5) is 10.2 Å². The van der Waals surface area contributed by atoms with Crippen molar-refractivity contribution in [3.05, 3.63) is 52.7 Å². The highest BCUT2D eigenvalue weighted by Crippen LogP contribution is 2.43. The number of hydrogen-bond acceptors (Lipinski definition) is 3. The van der Waals surface area contributed by atoms with Crippen molar-refractivity contribution in [1.82, 2.24) is 9.97 Å². The van der Waals surface area contributed by atoms with Crippen molar-refractivity contribution in [3.8, 4) is 0 Å². The predicted octanol–water partition coefficient (Wildman–Crippen LogP) is 3.51. The average molecular weight is 271 g/mol. The van der Waals surface area contributed by atoms with E-state index in [1.807, 2.05) is 32.9 Å². The second kappa shape index (κ2) is 4.85. The minimum absolute atomic E-state index is 0.184. The van der Waals surface area contributed by atoms with Gasteiger partial charge >= 0.3 is 0 Å². The van der Waals surface area contributed by atoms with Gasteiger partial charge in [0.15, 0.2) is 0 Å². The lowest BCUT2D eigenvalue weighted by Crippen LogP contribution is -2.10. The molecule has 1 N–H and O–H groups in total. The summed E-state index contributed by atoms with van der Waals surface area (Å²) in [6, 6.07) is 7.16. The summed E-state index contributed by atoms with van der Waals surface area (Å²) in [5.41, 5.74) is 3.29. The maximum absolute atomic E-state index is 12.9. The van der Waals surface area contributed by atoms with Gasteiger partial charge in [-0.05, 0) is 44.9 Å². The lowest BCUT2D eigenvalue weighted by atomic mass is 10.1. The first kappa shape index (κ1) is 13.0. The molecule has 0 amide bonds. The summed E-state index contributed by atoms with van der Waals surface area (Å²) >= 11 is 0. The molecule has 1 aromatic heterocycles. The maximum Gasteiger partial charge on any atom is 0.133 e. The summed E-state index contributed by atoms with van der Waals surface area (Å²) in [5.74, 6) is 1.97. The second-order valence-electron chi connectivity index (χ2n) is 5.47. The van der Waals surface area contributed by atoms with E-state index >= 15 is 0 Å². The summed E-state index contributed by atoms with van der Waals surface area (Å²) in [4.78, 5) is 8.83. The number of nitrogens with one attached hydrogen (secondary N) is 1. The standard InChI is InChI=1S/C16H18FN3/c1-9-10(2)18-11(3)19-16(9)20-15-8-14(15)12-4-6-13(17)7-5-12/h4-7,14-15H,8H2,1-3H3,(H,18,19,20)/t14-,15+/m0/s1. The van der Waals surface area contributed by atoms with Gasteiger partial charge in [0.05, 0.1) is 0 Å². The molecule has 0 radical (unpaired) electrons. The zero-order valence-corrected chi connectivity index (χ0v) is 11.9. The summed E-state index contributed by atoms with van der Waals surface area (Å²) < 4.78 is 12.9. The van der Waals surface area contributed by atoms with Crippen LogP contribution >= 0.6 is 0 Å². The second-order valence-corrected chi connectivity index (χ2v) is 5.47. The normalized spacial score (nSPS) is 20.8. The van der Waals surface area contributed by atoms with Gasteiger partial charge < -0.3 is 5.32 Å². The molecule has 1 aromatic carbocycles. The Kier molecular flexibility index (Phi) is 3.16. The van der Waals surface area contributed by atoms with Crippen LogP contribution in [-0.2, 0) is 0 Å². The summed E-state index contributed by atoms with van der Waals surface area (Å²) in [7, 11) is 0. The van der Waals surface area contributed by atoms with E-state index in [-0.39, 0.29) is 5.82 Å². The molecule has 4 heteroatoms. The van der Waals surface area contributed by atoms with Gasteiger partial charge in [-0.2, -0.15) is 0 Å². The molecular weight excluding hydrogens is 253 g/mol. The Bertz CT molecular complexity index is 637. The molecule has 0 bridgehead atoms. The molecule has 3 rings (SSSR count). The van der Waals surface area contributed by atoms with E-state index in [4.69, 9.17) is 0 Å². The monoisotopic (exact) mass is 271 g/mol. The Morgan fingerprint density at radius 1 is 1.10 bits per heavy atom. The van der Waals surface area contributed by atoms with E-state index in [0.717, 1.165) is 29.3 Å². The number of benzene rings is 1. The smallest absolute Gasteiger partial charge is 0.133 e. The van der Waals surface area contributed by atoms with E-state index in [9.17, 15) is 4.39 Å². The molecule has 0 saturated heterocycles. The van der Waals surface area contributed by atoms with Gasteiger partial charge in [0.25, 0.3) is 0 Å².